The van der Waals surface area contributed by atoms with Gasteiger partial charge in [0, 0.05) is 47.6 Å². The molecule has 2 amide bonds. The molecule has 0 bridgehead atoms. The molecule has 13 heteroatoms. The molecular weight excluding hydrogens is 393 g/mol. The Morgan fingerprint density at radius 3 is 2.96 bits per heavy atom. The normalized spacial score (nSPS) is 18.4. The number of oxime groups is 1. The molecule has 1 radical (unpaired) electrons. The first-order valence-corrected chi connectivity index (χ1v) is 9.09. The Labute approximate surface area is 179 Å². The van der Waals surface area contributed by atoms with E-state index in [0.29, 0.717) is 16.6 Å². The average molecular weight is 410 g/mol. The van der Waals surface area contributed by atoms with Gasteiger partial charge in [0.2, 0.25) is 5.91 Å². The number of anilines is 1. The van der Waals surface area contributed by atoms with Gasteiger partial charge in [-0.3, -0.25) is 14.4 Å². The van der Waals surface area contributed by atoms with Crippen molar-refractivity contribution < 1.29 is 24.0 Å². The molecule has 0 spiro atoms. The Kier molecular flexibility index (Phi) is 9.94. The van der Waals surface area contributed by atoms with E-state index >= 15 is 0 Å². The largest absolute Gasteiger partial charge is 0.465 e. The zero-order valence-electron chi connectivity index (χ0n) is 14.3. The number of aromatic nitrogens is 1. The first kappa shape index (κ1) is 22.7. The molecule has 1 aliphatic rings. The Balaban J connectivity index is 0.00000338. The molecule has 1 fully saturated rings. The van der Waals surface area contributed by atoms with Crippen molar-refractivity contribution in [1.82, 2.24) is 15.6 Å². The van der Waals surface area contributed by atoms with Crippen LogP contribution in [0.5, 0.6) is 0 Å². The summed E-state index contributed by atoms with van der Waals surface area (Å²) in [6, 6.07) is -0.667. The van der Waals surface area contributed by atoms with Crippen LogP contribution in [-0.2, 0) is 30.6 Å². The molecule has 2 heterocycles. The van der Waals surface area contributed by atoms with Crippen molar-refractivity contribution in [2.45, 2.75) is 24.9 Å². The Bertz CT molecular complexity index is 671. The number of β-lactam (4-membered cyclic amide) rings is 1. The van der Waals surface area contributed by atoms with Crippen molar-refractivity contribution in [2.75, 3.05) is 18.1 Å². The van der Waals surface area contributed by atoms with Gasteiger partial charge in [0.25, 0.3) is 5.91 Å². The van der Waals surface area contributed by atoms with Gasteiger partial charge in [0.1, 0.15) is 24.2 Å². The molecule has 2 atom stereocenters. The summed E-state index contributed by atoms with van der Waals surface area (Å²) in [6.07, 6.45) is 0.946. The van der Waals surface area contributed by atoms with E-state index in [9.17, 15) is 14.4 Å². The maximum absolute atomic E-state index is 11.7. The van der Waals surface area contributed by atoms with Crippen molar-refractivity contribution >= 4 is 81.8 Å². The van der Waals surface area contributed by atoms with Gasteiger partial charge in [0.15, 0.2) is 11.7 Å². The second-order valence-corrected chi connectivity index (χ2v) is 6.95. The van der Waals surface area contributed by atoms with E-state index in [-0.39, 0.29) is 60.0 Å². The first-order chi connectivity index (χ1) is 12.0. The summed E-state index contributed by atoms with van der Waals surface area (Å²) in [5, 5.41) is 10.6. The molecule has 0 aromatic carbocycles. The molecule has 1 aliphatic heterocycles. The molecule has 1 aromatic heterocycles. The van der Waals surface area contributed by atoms with Gasteiger partial charge in [-0.25, -0.2) is 4.98 Å². The number of hydrogen-bond acceptors (Lipinski definition) is 10. The minimum atomic E-state index is -0.667. The molecule has 0 aliphatic carbocycles. The number of nitrogens with zero attached hydrogens (tertiary/aromatic N) is 2. The molecule has 4 N–H and O–H groups in total. The number of nitrogens with one attached hydrogen (secondary N) is 2. The number of thioether (sulfide) groups is 1. The smallest absolute Gasteiger partial charge is 0.302 e. The van der Waals surface area contributed by atoms with E-state index in [2.05, 4.69) is 20.8 Å². The van der Waals surface area contributed by atoms with Gasteiger partial charge in [0.05, 0.1) is 5.69 Å². The second kappa shape index (κ2) is 11.4. The van der Waals surface area contributed by atoms with Gasteiger partial charge < -0.3 is 25.9 Å². The number of amides is 2. The summed E-state index contributed by atoms with van der Waals surface area (Å²) in [7, 11) is 0. The van der Waals surface area contributed by atoms with E-state index in [1.165, 1.54) is 30.0 Å². The monoisotopic (exact) mass is 410 g/mol. The van der Waals surface area contributed by atoms with E-state index < -0.39 is 11.9 Å². The Morgan fingerprint density at radius 2 is 2.35 bits per heavy atom. The topological polar surface area (TPSA) is 145 Å². The average Bonchev–Trinajstić information content (AvgIpc) is 2.97. The standard InChI is InChI=1S/C13H17N5O5S2.Na/c1-7(19)22-2-3-24-12-10(11(21)18-12)17-9(20)4-15-23-5-8-6-25-13(14)16-8;/h4,6,10,12H,2-3,5H2,1H3,(H2,14,16)(H,17,20)(H,18,21);/t10-,12-;/m1./s1. The van der Waals surface area contributed by atoms with E-state index in [4.69, 9.17) is 15.3 Å². The summed E-state index contributed by atoms with van der Waals surface area (Å²) in [4.78, 5) is 42.8. The fourth-order valence-corrected chi connectivity index (χ4v) is 3.33. The van der Waals surface area contributed by atoms with Crippen LogP contribution in [0.3, 0.4) is 0 Å². The number of ether oxygens (including phenoxy) is 1. The number of nitrogens with two attached hydrogens (primary N) is 1. The number of esters is 1. The second-order valence-electron chi connectivity index (χ2n) is 4.81. The molecule has 0 saturated carbocycles. The van der Waals surface area contributed by atoms with Gasteiger partial charge in [-0.15, -0.1) is 23.1 Å². The Morgan fingerprint density at radius 1 is 1.58 bits per heavy atom. The molecule has 1 saturated heterocycles. The van der Waals surface area contributed by atoms with Gasteiger partial charge >= 0.3 is 5.97 Å². The third-order valence-corrected chi connectivity index (χ3v) is 4.75. The maximum Gasteiger partial charge on any atom is 0.302 e. The van der Waals surface area contributed by atoms with Gasteiger partial charge in [-0.2, -0.15) is 0 Å². The minimum Gasteiger partial charge on any atom is -0.465 e. The van der Waals surface area contributed by atoms with Crippen LogP contribution < -0.4 is 16.4 Å². The number of thiazole rings is 1. The predicted octanol–water partition coefficient (Wildman–Crippen LogP) is -0.916. The van der Waals surface area contributed by atoms with Crippen LogP contribution in [0.1, 0.15) is 12.6 Å². The van der Waals surface area contributed by atoms with Crippen molar-refractivity contribution in [2.24, 2.45) is 5.16 Å². The SMILES string of the molecule is CC(=O)OCCS[C@H]1NC(=O)[C@H]1NC(=O)C=NOCc1csc(N)n1.[Na]. The molecule has 137 valence electrons. The van der Waals surface area contributed by atoms with Gasteiger partial charge in [-0.05, 0) is 0 Å². The molecule has 26 heavy (non-hydrogen) atoms. The zero-order valence-corrected chi connectivity index (χ0v) is 17.9. The van der Waals surface area contributed by atoms with E-state index in [0.717, 1.165) is 6.21 Å². The zero-order chi connectivity index (χ0) is 18.2. The number of hydrogen-bond donors (Lipinski definition) is 3. The minimum absolute atomic E-state index is 0. The van der Waals surface area contributed by atoms with Crippen LogP contribution >= 0.6 is 23.1 Å². The first-order valence-electron chi connectivity index (χ1n) is 7.16. The third kappa shape index (κ3) is 7.50. The summed E-state index contributed by atoms with van der Waals surface area (Å²) in [5.41, 5.74) is 6.09. The van der Waals surface area contributed by atoms with Crippen molar-refractivity contribution in [3.63, 3.8) is 0 Å². The van der Waals surface area contributed by atoms with Crippen LogP contribution in [0.4, 0.5) is 5.13 Å². The fourth-order valence-electron chi connectivity index (χ4n) is 1.76. The fraction of sp³-hybridized carbons (Fsp3) is 0.462. The van der Waals surface area contributed by atoms with Crippen molar-refractivity contribution in [3.05, 3.63) is 11.1 Å². The summed E-state index contributed by atoms with van der Waals surface area (Å²) in [6.45, 7) is 1.66. The van der Waals surface area contributed by atoms with E-state index in [1.807, 2.05) is 0 Å². The summed E-state index contributed by atoms with van der Waals surface area (Å²) >= 11 is 2.65. The maximum atomic E-state index is 11.7. The molecule has 1 aromatic rings. The third-order valence-electron chi connectivity index (χ3n) is 2.88. The number of rotatable bonds is 9. The van der Waals surface area contributed by atoms with Crippen molar-refractivity contribution in [1.29, 1.82) is 0 Å². The van der Waals surface area contributed by atoms with Crippen LogP contribution in [0.25, 0.3) is 0 Å². The summed E-state index contributed by atoms with van der Waals surface area (Å²) in [5.74, 6) is -0.696. The number of nitrogen functional groups attached to an aromatic ring is 1. The Hall–Kier alpha value is -1.34. The predicted molar refractivity (Wildman–Crippen MR) is 98.5 cm³/mol. The van der Waals surface area contributed by atoms with Crippen molar-refractivity contribution in [3.8, 4) is 0 Å². The van der Waals surface area contributed by atoms with Crippen LogP contribution in [0.15, 0.2) is 10.5 Å². The van der Waals surface area contributed by atoms with Crippen LogP contribution in [0.2, 0.25) is 0 Å². The van der Waals surface area contributed by atoms with Crippen LogP contribution in [0, 0.1) is 0 Å². The van der Waals surface area contributed by atoms with E-state index in [1.54, 1.807) is 5.38 Å². The quantitative estimate of drug-likeness (QED) is 0.118. The van der Waals surface area contributed by atoms with Crippen LogP contribution in [-0.4, -0.2) is 82.3 Å². The molecular formula is C13H17N5NaO5S2. The van der Waals surface area contributed by atoms with Gasteiger partial charge in [-0.1, -0.05) is 5.16 Å². The molecule has 2 rings (SSSR count). The number of carbonyl (C=O) groups is 3. The number of carbonyl (C=O) groups excluding carboxylic acids is 3. The molecule has 0 unspecified atom stereocenters. The summed E-state index contributed by atoms with van der Waals surface area (Å²) < 4.78 is 4.80. The molecule has 10 nitrogen and oxygen atoms in total.